The van der Waals surface area contributed by atoms with Crippen LogP contribution in [0.15, 0.2) is 46.2 Å². The molecule has 30 heavy (non-hydrogen) atoms. The van der Waals surface area contributed by atoms with Crippen LogP contribution in [-0.2, 0) is 19.6 Å². The zero-order chi connectivity index (χ0) is 21.5. The lowest BCUT2D eigenvalue weighted by Gasteiger charge is -2.27. The molecular weight excluding hydrogens is 422 g/mol. The van der Waals surface area contributed by atoms with Crippen LogP contribution in [0.2, 0.25) is 0 Å². The lowest BCUT2D eigenvalue weighted by atomic mass is 10.1. The van der Waals surface area contributed by atoms with Gasteiger partial charge in [0.25, 0.3) is 10.0 Å². The van der Waals surface area contributed by atoms with Crippen molar-refractivity contribution in [1.29, 1.82) is 0 Å². The number of anilines is 2. The Kier molecular flexibility index (Phi) is 5.50. The molecule has 0 bridgehead atoms. The van der Waals surface area contributed by atoms with Gasteiger partial charge in [0.2, 0.25) is 11.8 Å². The van der Waals surface area contributed by atoms with Crippen molar-refractivity contribution in [2.24, 2.45) is 0 Å². The second-order valence-corrected chi connectivity index (χ2v) is 10.4. The van der Waals surface area contributed by atoms with E-state index < -0.39 is 21.2 Å². The van der Waals surface area contributed by atoms with E-state index in [0.717, 1.165) is 24.0 Å². The smallest absolute Gasteiger partial charge is 0.261 e. The first kappa shape index (κ1) is 20.7. The van der Waals surface area contributed by atoms with Crippen molar-refractivity contribution < 1.29 is 18.0 Å². The molecule has 0 aromatic heterocycles. The quantitative estimate of drug-likeness (QED) is 0.705. The molecule has 2 heterocycles. The summed E-state index contributed by atoms with van der Waals surface area (Å²) in [5, 5.41) is 1.87. The highest BCUT2D eigenvalue weighted by Gasteiger charge is 2.37. The number of nitrogens with zero attached hydrogens (tertiary/aromatic N) is 1. The van der Waals surface area contributed by atoms with Crippen molar-refractivity contribution in [3.8, 4) is 0 Å². The third-order valence-corrected chi connectivity index (χ3v) is 7.89. The van der Waals surface area contributed by atoms with Gasteiger partial charge in [0.15, 0.2) is 5.25 Å². The SMILES string of the molecule is Cc1ccc(NS(=O)(=O)c2ccc3c(c2)NC(=O)[C@@H](C(=O)N2CCCC2)S3)c(C)c1. The Balaban J connectivity index is 1.56. The number of fused-ring (bicyclic) bond motifs is 1. The fourth-order valence-corrected chi connectivity index (χ4v) is 5.86. The Morgan fingerprint density at radius 2 is 1.87 bits per heavy atom. The number of aryl methyl sites for hydroxylation is 2. The van der Waals surface area contributed by atoms with Crippen molar-refractivity contribution in [3.63, 3.8) is 0 Å². The van der Waals surface area contributed by atoms with Crippen LogP contribution in [0.25, 0.3) is 0 Å². The first-order valence-electron chi connectivity index (χ1n) is 9.75. The number of amides is 2. The summed E-state index contributed by atoms with van der Waals surface area (Å²) in [7, 11) is -3.83. The minimum absolute atomic E-state index is 0.0476. The van der Waals surface area contributed by atoms with Gasteiger partial charge in [-0.1, -0.05) is 17.7 Å². The van der Waals surface area contributed by atoms with Crippen LogP contribution in [0.5, 0.6) is 0 Å². The molecule has 0 radical (unpaired) electrons. The molecule has 2 aromatic carbocycles. The molecular formula is C21H23N3O4S2. The Morgan fingerprint density at radius 3 is 2.57 bits per heavy atom. The molecule has 4 rings (SSSR count). The van der Waals surface area contributed by atoms with Gasteiger partial charge in [0, 0.05) is 18.0 Å². The molecule has 158 valence electrons. The number of rotatable bonds is 4. The normalized spacial score (nSPS) is 18.7. The molecule has 1 saturated heterocycles. The molecule has 2 amide bonds. The average molecular weight is 446 g/mol. The van der Waals surface area contributed by atoms with E-state index in [1.807, 2.05) is 26.0 Å². The van der Waals surface area contributed by atoms with Crippen molar-refractivity contribution in [2.75, 3.05) is 23.1 Å². The van der Waals surface area contributed by atoms with Crippen molar-refractivity contribution in [1.82, 2.24) is 4.90 Å². The summed E-state index contributed by atoms with van der Waals surface area (Å²) < 4.78 is 28.3. The zero-order valence-corrected chi connectivity index (χ0v) is 18.4. The van der Waals surface area contributed by atoms with Gasteiger partial charge in [0.05, 0.1) is 16.3 Å². The van der Waals surface area contributed by atoms with Gasteiger partial charge in [-0.2, -0.15) is 0 Å². The fourth-order valence-electron chi connectivity index (χ4n) is 3.65. The van der Waals surface area contributed by atoms with Gasteiger partial charge in [-0.3, -0.25) is 14.3 Å². The molecule has 7 nitrogen and oxygen atoms in total. The van der Waals surface area contributed by atoms with Crippen LogP contribution in [0.1, 0.15) is 24.0 Å². The summed E-state index contributed by atoms with van der Waals surface area (Å²) in [6, 6.07) is 10.0. The van der Waals surface area contributed by atoms with E-state index in [1.165, 1.54) is 23.9 Å². The number of benzene rings is 2. The molecule has 2 aliphatic rings. The molecule has 0 unspecified atom stereocenters. The molecule has 0 spiro atoms. The molecule has 0 saturated carbocycles. The second-order valence-electron chi connectivity index (χ2n) is 7.60. The van der Waals surface area contributed by atoms with E-state index in [9.17, 15) is 18.0 Å². The van der Waals surface area contributed by atoms with Crippen molar-refractivity contribution in [2.45, 2.75) is 41.7 Å². The highest BCUT2D eigenvalue weighted by Crippen LogP contribution is 2.38. The summed E-state index contributed by atoms with van der Waals surface area (Å²) in [5.74, 6) is -0.602. The van der Waals surface area contributed by atoms with E-state index in [-0.39, 0.29) is 10.8 Å². The average Bonchev–Trinajstić information content (AvgIpc) is 3.23. The number of thioether (sulfide) groups is 1. The van der Waals surface area contributed by atoms with Gasteiger partial charge in [-0.25, -0.2) is 8.42 Å². The van der Waals surface area contributed by atoms with Gasteiger partial charge < -0.3 is 10.2 Å². The number of hydrogen-bond acceptors (Lipinski definition) is 5. The second kappa shape index (κ2) is 7.96. The first-order chi connectivity index (χ1) is 14.2. The van der Waals surface area contributed by atoms with Crippen molar-refractivity contribution in [3.05, 3.63) is 47.5 Å². The van der Waals surface area contributed by atoms with Crippen LogP contribution < -0.4 is 10.0 Å². The standard InChI is InChI=1S/C21H23N3O4S2/c1-13-5-7-16(14(2)11-13)23-30(27,28)15-6-8-18-17(12-15)22-20(25)19(29-18)21(26)24-9-3-4-10-24/h5-8,11-12,19,23H,3-4,9-10H2,1-2H3,(H,22,25)/t19-/m0/s1. The van der Waals surface area contributed by atoms with E-state index in [4.69, 9.17) is 0 Å². The lowest BCUT2D eigenvalue weighted by molar-refractivity contribution is -0.133. The number of hydrogen-bond donors (Lipinski definition) is 2. The maximum Gasteiger partial charge on any atom is 0.261 e. The van der Waals surface area contributed by atoms with E-state index in [0.29, 0.717) is 29.4 Å². The van der Waals surface area contributed by atoms with Gasteiger partial charge >= 0.3 is 0 Å². The largest absolute Gasteiger partial charge is 0.341 e. The lowest BCUT2D eigenvalue weighted by Crippen LogP contribution is -2.43. The fraction of sp³-hybridized carbons (Fsp3) is 0.333. The topological polar surface area (TPSA) is 95.6 Å². The van der Waals surface area contributed by atoms with Gasteiger partial charge in [0.1, 0.15) is 0 Å². The predicted octanol–water partition coefficient (Wildman–Crippen LogP) is 3.14. The molecule has 1 atom stereocenters. The summed E-state index contributed by atoms with van der Waals surface area (Å²) in [6.45, 7) is 5.14. The molecule has 2 N–H and O–H groups in total. The first-order valence-corrected chi connectivity index (χ1v) is 12.1. The Hall–Kier alpha value is -2.52. The minimum Gasteiger partial charge on any atom is -0.341 e. The highest BCUT2D eigenvalue weighted by atomic mass is 32.2. The molecule has 2 aliphatic heterocycles. The van der Waals surface area contributed by atoms with E-state index >= 15 is 0 Å². The van der Waals surface area contributed by atoms with Crippen LogP contribution in [-0.4, -0.2) is 43.5 Å². The Morgan fingerprint density at radius 1 is 1.13 bits per heavy atom. The summed E-state index contributed by atoms with van der Waals surface area (Å²) in [6.07, 6.45) is 1.91. The number of likely N-dealkylation sites (tertiary alicyclic amines) is 1. The number of carbonyl (C=O) groups excluding carboxylic acids is 2. The monoisotopic (exact) mass is 445 g/mol. The third-order valence-electron chi connectivity index (χ3n) is 5.27. The van der Waals surface area contributed by atoms with Crippen LogP contribution in [0.3, 0.4) is 0 Å². The van der Waals surface area contributed by atoms with Gasteiger partial charge in [-0.15, -0.1) is 11.8 Å². The third kappa shape index (κ3) is 4.04. The Labute approximate surface area is 180 Å². The molecule has 1 fully saturated rings. The minimum atomic E-state index is -3.83. The van der Waals surface area contributed by atoms with Crippen molar-refractivity contribution >= 4 is 45.0 Å². The number of carbonyl (C=O) groups is 2. The predicted molar refractivity (Wildman–Crippen MR) is 117 cm³/mol. The summed E-state index contributed by atoms with van der Waals surface area (Å²) in [5.41, 5.74) is 2.78. The molecule has 0 aliphatic carbocycles. The highest BCUT2D eigenvalue weighted by molar-refractivity contribution is 8.01. The van der Waals surface area contributed by atoms with E-state index in [2.05, 4.69) is 10.0 Å². The maximum atomic E-state index is 12.9. The Bertz CT molecular complexity index is 1130. The van der Waals surface area contributed by atoms with Gasteiger partial charge in [-0.05, 0) is 56.5 Å². The molecule has 2 aromatic rings. The zero-order valence-electron chi connectivity index (χ0n) is 16.8. The number of sulfonamides is 1. The van der Waals surface area contributed by atoms with Crippen LogP contribution in [0, 0.1) is 13.8 Å². The number of nitrogens with one attached hydrogen (secondary N) is 2. The molecule has 9 heteroatoms. The van der Waals surface area contributed by atoms with Crippen LogP contribution in [0.4, 0.5) is 11.4 Å². The van der Waals surface area contributed by atoms with E-state index in [1.54, 1.807) is 17.0 Å². The van der Waals surface area contributed by atoms with Crippen LogP contribution >= 0.6 is 11.8 Å². The summed E-state index contributed by atoms with van der Waals surface area (Å²) >= 11 is 1.17. The summed E-state index contributed by atoms with van der Waals surface area (Å²) in [4.78, 5) is 27.6. The maximum absolute atomic E-state index is 12.9.